The molecule has 7 heteroatoms. The number of carbonyl (C=O) groups is 1. The number of aryl methyl sites for hydroxylation is 3. The van der Waals surface area contributed by atoms with Crippen LogP contribution in [0, 0.1) is 20.8 Å². The number of nitrogens with zero attached hydrogens (tertiary/aromatic N) is 3. The van der Waals surface area contributed by atoms with Gasteiger partial charge in [-0.3, -0.25) is 10.1 Å². The van der Waals surface area contributed by atoms with Gasteiger partial charge in [-0.25, -0.2) is 0 Å². The van der Waals surface area contributed by atoms with E-state index in [1.165, 1.54) is 0 Å². The first-order valence-electron chi connectivity index (χ1n) is 5.71. The van der Waals surface area contributed by atoms with Crippen LogP contribution in [-0.4, -0.2) is 27.9 Å². The Kier molecular flexibility index (Phi) is 3.74. The molecular weight excluding hydrogens is 248 g/mol. The zero-order chi connectivity index (χ0) is 13.8. The fourth-order valence-electron chi connectivity index (χ4n) is 1.33. The Hall–Kier alpha value is -2.44. The zero-order valence-corrected chi connectivity index (χ0v) is 10.9. The first-order valence-corrected chi connectivity index (χ1v) is 5.71. The molecule has 1 N–H and O–H groups in total. The Morgan fingerprint density at radius 2 is 2.11 bits per heavy atom. The van der Waals surface area contributed by atoms with Crippen LogP contribution in [0.1, 0.15) is 17.0 Å². The van der Waals surface area contributed by atoms with Crippen molar-refractivity contribution in [1.82, 2.24) is 15.4 Å². The molecule has 0 spiro atoms. The maximum absolute atomic E-state index is 11.6. The normalized spacial score (nSPS) is 10.3. The lowest BCUT2D eigenvalue weighted by atomic mass is 10.2. The zero-order valence-electron chi connectivity index (χ0n) is 10.9. The number of rotatable bonds is 4. The van der Waals surface area contributed by atoms with Gasteiger partial charge in [-0.2, -0.15) is 5.10 Å². The van der Waals surface area contributed by atoms with Gasteiger partial charge in [0, 0.05) is 12.1 Å². The molecule has 0 unspecified atom stereocenters. The van der Waals surface area contributed by atoms with Crippen LogP contribution in [0.25, 0.3) is 0 Å². The van der Waals surface area contributed by atoms with Crippen LogP contribution in [0.4, 0.5) is 5.88 Å². The first-order chi connectivity index (χ1) is 9.04. The van der Waals surface area contributed by atoms with Crippen molar-refractivity contribution in [3.63, 3.8) is 0 Å². The van der Waals surface area contributed by atoms with Gasteiger partial charge in [-0.15, -0.1) is 5.10 Å². The first kappa shape index (κ1) is 13.0. The summed E-state index contributed by atoms with van der Waals surface area (Å²) in [5, 5.41) is 13.9. The molecule has 2 heterocycles. The average molecular weight is 262 g/mol. The van der Waals surface area contributed by atoms with E-state index in [0.29, 0.717) is 11.6 Å². The number of hydrogen-bond acceptors (Lipinski definition) is 6. The van der Waals surface area contributed by atoms with E-state index in [1.807, 2.05) is 13.8 Å². The molecule has 7 nitrogen and oxygen atoms in total. The van der Waals surface area contributed by atoms with Crippen LogP contribution in [0.2, 0.25) is 0 Å². The molecule has 0 bridgehead atoms. The minimum absolute atomic E-state index is 0.170. The molecule has 0 aromatic carbocycles. The Morgan fingerprint density at radius 1 is 1.32 bits per heavy atom. The number of aromatic nitrogens is 3. The highest BCUT2D eigenvalue weighted by molar-refractivity contribution is 5.90. The molecule has 100 valence electrons. The summed E-state index contributed by atoms with van der Waals surface area (Å²) >= 11 is 0. The third-order valence-corrected chi connectivity index (χ3v) is 2.45. The molecule has 0 saturated carbocycles. The van der Waals surface area contributed by atoms with Crippen molar-refractivity contribution < 1.29 is 14.1 Å². The smallest absolute Gasteiger partial charge is 0.264 e. The minimum Gasteiger partial charge on any atom is -0.466 e. The van der Waals surface area contributed by atoms with Gasteiger partial charge in [-0.05, 0) is 26.3 Å². The molecule has 0 saturated heterocycles. The molecule has 0 aliphatic heterocycles. The van der Waals surface area contributed by atoms with Crippen LogP contribution in [0.15, 0.2) is 16.7 Å². The predicted octanol–water partition coefficient (Wildman–Crippen LogP) is 1.41. The summed E-state index contributed by atoms with van der Waals surface area (Å²) in [4.78, 5) is 11.6. The van der Waals surface area contributed by atoms with E-state index < -0.39 is 0 Å². The van der Waals surface area contributed by atoms with Gasteiger partial charge in [0.1, 0.15) is 0 Å². The van der Waals surface area contributed by atoms with E-state index in [0.717, 1.165) is 11.3 Å². The average Bonchev–Trinajstić information content (AvgIpc) is 2.76. The van der Waals surface area contributed by atoms with Gasteiger partial charge in [0.25, 0.3) is 5.91 Å². The molecule has 1 amide bonds. The van der Waals surface area contributed by atoms with Crippen LogP contribution in [0.3, 0.4) is 0 Å². The fraction of sp³-hybridized carbons (Fsp3) is 0.333. The van der Waals surface area contributed by atoms with Crippen LogP contribution in [-0.2, 0) is 4.79 Å². The Balaban J connectivity index is 1.88. The standard InChI is InChI=1S/C12H14N4O3/c1-7-4-12(15-14-9(7)3)18-6-10(17)13-11-5-8(2)16-19-11/h4-5H,6H2,1-3H3,(H,13,17). The molecule has 0 aliphatic rings. The van der Waals surface area contributed by atoms with Crippen LogP contribution < -0.4 is 10.1 Å². The summed E-state index contributed by atoms with van der Waals surface area (Å²) in [6.45, 7) is 5.34. The Bertz CT molecular complexity index is 594. The Labute approximate surface area is 110 Å². The summed E-state index contributed by atoms with van der Waals surface area (Å²) in [7, 11) is 0. The molecular formula is C12H14N4O3. The van der Waals surface area contributed by atoms with Gasteiger partial charge in [0.05, 0.1) is 11.4 Å². The monoisotopic (exact) mass is 262 g/mol. The maximum Gasteiger partial charge on any atom is 0.264 e. The minimum atomic E-state index is -0.351. The summed E-state index contributed by atoms with van der Waals surface area (Å²) in [6.07, 6.45) is 0. The molecule has 2 aromatic rings. The highest BCUT2D eigenvalue weighted by Gasteiger charge is 2.08. The highest BCUT2D eigenvalue weighted by Crippen LogP contribution is 2.11. The van der Waals surface area contributed by atoms with Crippen molar-refractivity contribution in [1.29, 1.82) is 0 Å². The molecule has 0 fully saturated rings. The van der Waals surface area contributed by atoms with E-state index in [1.54, 1.807) is 19.1 Å². The number of anilines is 1. The second-order valence-electron chi connectivity index (χ2n) is 4.12. The van der Waals surface area contributed by atoms with Gasteiger partial charge in [0.2, 0.25) is 11.8 Å². The summed E-state index contributed by atoms with van der Waals surface area (Å²) in [5.74, 6) is 0.250. The topological polar surface area (TPSA) is 90.1 Å². The molecule has 2 rings (SSSR count). The summed E-state index contributed by atoms with van der Waals surface area (Å²) in [6, 6.07) is 3.35. The largest absolute Gasteiger partial charge is 0.466 e. The van der Waals surface area contributed by atoms with Crippen molar-refractivity contribution in [2.24, 2.45) is 0 Å². The third-order valence-electron chi connectivity index (χ3n) is 2.45. The van der Waals surface area contributed by atoms with Gasteiger partial charge in [0.15, 0.2) is 6.61 Å². The predicted molar refractivity (Wildman–Crippen MR) is 66.9 cm³/mol. The van der Waals surface area contributed by atoms with Crippen LogP contribution in [0.5, 0.6) is 5.88 Å². The lowest BCUT2D eigenvalue weighted by Crippen LogP contribution is -2.20. The fourth-order valence-corrected chi connectivity index (χ4v) is 1.33. The van der Waals surface area contributed by atoms with Crippen molar-refractivity contribution in [2.45, 2.75) is 20.8 Å². The number of hydrogen-bond donors (Lipinski definition) is 1. The molecule has 0 radical (unpaired) electrons. The number of carbonyl (C=O) groups excluding carboxylic acids is 1. The molecule has 2 aromatic heterocycles. The van der Waals surface area contributed by atoms with E-state index >= 15 is 0 Å². The summed E-state index contributed by atoms with van der Waals surface area (Å²) < 4.78 is 10.1. The van der Waals surface area contributed by atoms with Gasteiger partial charge >= 0.3 is 0 Å². The van der Waals surface area contributed by atoms with Crippen molar-refractivity contribution in [3.8, 4) is 5.88 Å². The van der Waals surface area contributed by atoms with Gasteiger partial charge in [-0.1, -0.05) is 5.16 Å². The highest BCUT2D eigenvalue weighted by atomic mass is 16.5. The summed E-state index contributed by atoms with van der Waals surface area (Å²) in [5.41, 5.74) is 2.47. The van der Waals surface area contributed by atoms with E-state index in [9.17, 15) is 4.79 Å². The van der Waals surface area contributed by atoms with Crippen molar-refractivity contribution in [3.05, 3.63) is 29.1 Å². The van der Waals surface area contributed by atoms with Gasteiger partial charge < -0.3 is 9.26 Å². The molecule has 19 heavy (non-hydrogen) atoms. The Morgan fingerprint density at radius 3 is 2.74 bits per heavy atom. The van der Waals surface area contributed by atoms with E-state index in [4.69, 9.17) is 9.26 Å². The maximum atomic E-state index is 11.6. The second kappa shape index (κ2) is 5.47. The number of nitrogens with one attached hydrogen (secondary N) is 1. The van der Waals surface area contributed by atoms with E-state index in [-0.39, 0.29) is 18.4 Å². The quantitative estimate of drug-likeness (QED) is 0.895. The third kappa shape index (κ3) is 3.51. The SMILES string of the molecule is Cc1cc(NC(=O)COc2cc(C)c(C)nn2)on1. The second-order valence-corrected chi connectivity index (χ2v) is 4.12. The number of amides is 1. The van der Waals surface area contributed by atoms with E-state index in [2.05, 4.69) is 20.7 Å². The molecule has 0 aliphatic carbocycles. The van der Waals surface area contributed by atoms with Crippen molar-refractivity contribution >= 4 is 11.8 Å². The number of ether oxygens (including phenoxy) is 1. The molecule has 0 atom stereocenters. The lowest BCUT2D eigenvalue weighted by molar-refractivity contribution is -0.118. The lowest BCUT2D eigenvalue weighted by Gasteiger charge is -2.05. The van der Waals surface area contributed by atoms with Crippen LogP contribution >= 0.6 is 0 Å². The van der Waals surface area contributed by atoms with Crippen molar-refractivity contribution in [2.75, 3.05) is 11.9 Å².